The van der Waals surface area contributed by atoms with Crippen LogP contribution < -0.4 is 9.92 Å². The summed E-state index contributed by atoms with van der Waals surface area (Å²) < 4.78 is 24.8. The number of nitrogens with two attached hydrogens (primary N) is 1. The van der Waals surface area contributed by atoms with E-state index in [4.69, 9.17) is 17.3 Å². The van der Waals surface area contributed by atoms with Gasteiger partial charge in [0, 0.05) is 6.07 Å². The zero-order valence-electron chi connectivity index (χ0n) is 6.74. The second kappa shape index (κ2) is 3.95. The summed E-state index contributed by atoms with van der Waals surface area (Å²) in [4.78, 5) is 0. The Morgan fingerprint density at radius 1 is 1.62 bits per heavy atom. The van der Waals surface area contributed by atoms with Crippen LogP contribution in [-0.4, -0.2) is 8.76 Å². The first kappa shape index (κ1) is 10.3. The van der Waals surface area contributed by atoms with Crippen molar-refractivity contribution in [3.05, 3.63) is 22.7 Å². The van der Waals surface area contributed by atoms with E-state index in [1.54, 1.807) is 6.92 Å². The van der Waals surface area contributed by atoms with Crippen LogP contribution in [0.5, 0.6) is 5.75 Å². The van der Waals surface area contributed by atoms with Crippen molar-refractivity contribution in [3.8, 4) is 5.75 Å². The van der Waals surface area contributed by atoms with Gasteiger partial charge in [0.25, 0.3) is 0 Å². The van der Waals surface area contributed by atoms with Crippen molar-refractivity contribution >= 4 is 28.6 Å². The first-order chi connectivity index (χ1) is 6.00. The van der Waals surface area contributed by atoms with E-state index in [-0.39, 0.29) is 10.8 Å². The Morgan fingerprint density at radius 3 is 2.69 bits per heavy atom. The maximum Gasteiger partial charge on any atom is 0.141 e. The summed E-state index contributed by atoms with van der Waals surface area (Å²) in [7, 11) is 0. The summed E-state index contributed by atoms with van der Waals surface area (Å²) in [6.07, 6.45) is 0. The molecule has 6 heteroatoms. The molecule has 13 heavy (non-hydrogen) atoms. The number of rotatable bonds is 2. The van der Waals surface area contributed by atoms with Gasteiger partial charge in [-0.2, -0.15) is 0 Å². The molecular weight excluding hydrogens is 214 g/mol. The summed E-state index contributed by atoms with van der Waals surface area (Å²) >= 11 is 3.11. The molecule has 0 saturated carbocycles. The Morgan fingerprint density at radius 2 is 2.23 bits per heavy atom. The lowest BCUT2D eigenvalue weighted by molar-refractivity contribution is 0.440. The van der Waals surface area contributed by atoms with Crippen LogP contribution in [0.3, 0.4) is 0 Å². The second-order valence-corrected chi connectivity index (χ2v) is 3.41. The van der Waals surface area contributed by atoms with Crippen LogP contribution in [0.15, 0.2) is 12.1 Å². The number of hydrogen-bond donors (Lipinski definition) is 1. The van der Waals surface area contributed by atoms with Gasteiger partial charge in [-0.05, 0) is 18.6 Å². The lowest BCUT2D eigenvalue weighted by Gasteiger charge is -2.09. The van der Waals surface area contributed by atoms with Crippen LogP contribution in [0.4, 0.5) is 5.69 Å². The van der Waals surface area contributed by atoms with Crippen molar-refractivity contribution in [2.45, 2.75) is 6.92 Å². The second-order valence-electron chi connectivity index (χ2n) is 2.42. The van der Waals surface area contributed by atoms with Gasteiger partial charge in [-0.3, -0.25) is 0 Å². The average Bonchev–Trinajstić information content (AvgIpc) is 1.98. The van der Waals surface area contributed by atoms with E-state index in [2.05, 4.69) is 4.18 Å². The molecule has 0 aliphatic rings. The minimum Gasteiger partial charge on any atom is -0.740 e. The highest BCUT2D eigenvalue weighted by atomic mass is 35.5. The number of aryl methyl sites for hydroxylation is 1. The third kappa shape index (κ3) is 2.58. The highest BCUT2D eigenvalue weighted by Crippen LogP contribution is 2.28. The Bertz CT molecular complexity index is 333. The lowest BCUT2D eigenvalue weighted by atomic mass is 10.2. The third-order valence-corrected chi connectivity index (χ3v) is 2.12. The fraction of sp³-hybridized carbons (Fsp3) is 0.143. The van der Waals surface area contributed by atoms with Crippen LogP contribution >= 0.6 is 11.6 Å². The molecule has 2 N–H and O–H groups in total. The SMILES string of the molecule is Cc1cc(OS(=O)[O-])cc(Cl)c1N. The van der Waals surface area contributed by atoms with E-state index in [1.165, 1.54) is 12.1 Å². The van der Waals surface area contributed by atoms with Gasteiger partial charge in [-0.15, -0.1) is 0 Å². The summed E-state index contributed by atoms with van der Waals surface area (Å²) in [5, 5.41) is 0.278. The Balaban J connectivity index is 3.06. The molecule has 0 heterocycles. The molecule has 0 fully saturated rings. The largest absolute Gasteiger partial charge is 0.740 e. The number of hydrogen-bond acceptors (Lipinski definition) is 4. The van der Waals surface area contributed by atoms with Crippen LogP contribution in [0.1, 0.15) is 5.56 Å². The highest BCUT2D eigenvalue weighted by Gasteiger charge is 2.03. The van der Waals surface area contributed by atoms with Gasteiger partial charge in [0.15, 0.2) is 0 Å². The molecule has 0 radical (unpaired) electrons. The zero-order chi connectivity index (χ0) is 10.0. The smallest absolute Gasteiger partial charge is 0.141 e. The minimum atomic E-state index is -2.59. The van der Waals surface area contributed by atoms with Crippen molar-refractivity contribution in [1.29, 1.82) is 0 Å². The van der Waals surface area contributed by atoms with Crippen LogP contribution in [-0.2, 0) is 11.4 Å². The molecule has 4 nitrogen and oxygen atoms in total. The summed E-state index contributed by atoms with van der Waals surface area (Å²) in [5.41, 5.74) is 6.64. The zero-order valence-corrected chi connectivity index (χ0v) is 8.32. The van der Waals surface area contributed by atoms with Gasteiger partial charge in [-0.1, -0.05) is 11.6 Å². The summed E-state index contributed by atoms with van der Waals surface area (Å²) in [5.74, 6) is 0.157. The summed E-state index contributed by atoms with van der Waals surface area (Å²) in [6.45, 7) is 1.71. The molecule has 1 rings (SSSR count). The topological polar surface area (TPSA) is 75.4 Å². The van der Waals surface area contributed by atoms with E-state index in [9.17, 15) is 8.76 Å². The van der Waals surface area contributed by atoms with Crippen LogP contribution in [0.25, 0.3) is 0 Å². The molecule has 0 spiro atoms. The Labute approximate surface area is 83.1 Å². The standard InChI is InChI=1S/C7H8ClNO3S/c1-4-2-5(12-13(10)11)3-6(8)7(4)9/h2-3H,9H2,1H3,(H,10,11)/p-1. The van der Waals surface area contributed by atoms with Crippen molar-refractivity contribution < 1.29 is 12.9 Å². The minimum absolute atomic E-state index is 0.157. The number of benzene rings is 1. The van der Waals surface area contributed by atoms with E-state index in [1.807, 2.05) is 0 Å². The molecule has 0 aromatic heterocycles. The third-order valence-electron chi connectivity index (χ3n) is 1.47. The maximum absolute atomic E-state index is 10.2. The number of anilines is 1. The van der Waals surface area contributed by atoms with Gasteiger partial charge in [0.05, 0.1) is 10.7 Å². The molecule has 0 bridgehead atoms. The predicted octanol–water partition coefficient (Wildman–Crippen LogP) is 1.40. The first-order valence-corrected chi connectivity index (χ1v) is 4.71. The van der Waals surface area contributed by atoms with Crippen molar-refractivity contribution in [3.63, 3.8) is 0 Å². The molecule has 72 valence electrons. The molecule has 1 unspecified atom stereocenters. The van der Waals surface area contributed by atoms with Crippen molar-refractivity contribution in [2.75, 3.05) is 5.73 Å². The van der Waals surface area contributed by atoms with E-state index in [0.717, 1.165) is 0 Å². The lowest BCUT2D eigenvalue weighted by Crippen LogP contribution is -1.99. The van der Waals surface area contributed by atoms with E-state index < -0.39 is 11.4 Å². The first-order valence-electron chi connectivity index (χ1n) is 3.34. The quantitative estimate of drug-likeness (QED) is 0.604. The van der Waals surface area contributed by atoms with Crippen LogP contribution in [0.2, 0.25) is 5.02 Å². The van der Waals surface area contributed by atoms with Gasteiger partial charge in [0.1, 0.15) is 17.1 Å². The Hall–Kier alpha value is -0.780. The Kier molecular flexibility index (Phi) is 3.13. The maximum atomic E-state index is 10.2. The normalized spacial score (nSPS) is 12.5. The molecule has 0 aliphatic heterocycles. The van der Waals surface area contributed by atoms with E-state index >= 15 is 0 Å². The predicted molar refractivity (Wildman–Crippen MR) is 50.1 cm³/mol. The number of halogens is 1. The van der Waals surface area contributed by atoms with Crippen molar-refractivity contribution in [2.24, 2.45) is 0 Å². The van der Waals surface area contributed by atoms with Gasteiger partial charge < -0.3 is 14.5 Å². The molecule has 0 saturated heterocycles. The van der Waals surface area contributed by atoms with E-state index in [0.29, 0.717) is 11.3 Å². The molecule has 1 aromatic rings. The molecule has 0 aliphatic carbocycles. The molecular formula is C7H7ClNO3S-. The number of nitrogen functional groups attached to an aromatic ring is 1. The highest BCUT2D eigenvalue weighted by molar-refractivity contribution is 7.74. The van der Waals surface area contributed by atoms with Crippen molar-refractivity contribution in [1.82, 2.24) is 0 Å². The average molecular weight is 221 g/mol. The molecule has 1 atom stereocenters. The molecule has 1 aromatic carbocycles. The molecule has 0 amide bonds. The summed E-state index contributed by atoms with van der Waals surface area (Å²) in [6, 6.07) is 2.84. The fourth-order valence-corrected chi connectivity index (χ4v) is 1.36. The van der Waals surface area contributed by atoms with Gasteiger partial charge in [0.2, 0.25) is 0 Å². The fourth-order valence-electron chi connectivity index (χ4n) is 0.850. The van der Waals surface area contributed by atoms with Gasteiger partial charge in [-0.25, -0.2) is 4.21 Å². The van der Waals surface area contributed by atoms with Crippen LogP contribution in [0, 0.1) is 6.92 Å². The monoisotopic (exact) mass is 220 g/mol. The van der Waals surface area contributed by atoms with Gasteiger partial charge >= 0.3 is 0 Å².